The molecule has 1 rings (SSSR count). The Bertz CT molecular complexity index is 493. The lowest BCUT2D eigenvalue weighted by Gasteiger charge is -2.25. The normalized spacial score (nSPS) is 11.1. The molecule has 1 amide bonds. The number of methoxy groups -OCH3 is 1. The number of nitrogens with zero attached hydrogens (tertiary/aromatic N) is 2. The maximum absolute atomic E-state index is 12.4. The molecule has 0 aliphatic rings. The highest BCUT2D eigenvalue weighted by atomic mass is 16.5. The van der Waals surface area contributed by atoms with Crippen molar-refractivity contribution in [1.82, 2.24) is 9.80 Å². The summed E-state index contributed by atoms with van der Waals surface area (Å²) in [6.45, 7) is 7.71. The summed E-state index contributed by atoms with van der Waals surface area (Å²) in [5, 5.41) is 0. The van der Waals surface area contributed by atoms with Crippen molar-refractivity contribution in [1.29, 1.82) is 0 Å². The van der Waals surface area contributed by atoms with Crippen molar-refractivity contribution in [2.45, 2.75) is 20.3 Å². The summed E-state index contributed by atoms with van der Waals surface area (Å²) in [6.07, 6.45) is 4.85. The largest absolute Gasteiger partial charge is 0.469 e. The van der Waals surface area contributed by atoms with Crippen LogP contribution in [-0.2, 0) is 14.3 Å². The van der Waals surface area contributed by atoms with E-state index in [0.717, 1.165) is 19.6 Å². The van der Waals surface area contributed by atoms with E-state index in [1.54, 1.807) is 29.4 Å². The first-order chi connectivity index (χ1) is 11.1. The van der Waals surface area contributed by atoms with Crippen LogP contribution in [0.4, 0.5) is 0 Å². The van der Waals surface area contributed by atoms with Gasteiger partial charge in [-0.15, -0.1) is 0 Å². The van der Waals surface area contributed by atoms with E-state index in [1.165, 1.54) is 13.2 Å². The van der Waals surface area contributed by atoms with E-state index >= 15 is 0 Å². The van der Waals surface area contributed by atoms with E-state index in [2.05, 4.69) is 23.5 Å². The fourth-order valence-electron chi connectivity index (χ4n) is 2.11. The van der Waals surface area contributed by atoms with E-state index in [9.17, 15) is 9.59 Å². The Labute approximate surface area is 137 Å². The molecule has 6 heteroatoms. The Morgan fingerprint density at radius 2 is 1.96 bits per heavy atom. The highest BCUT2D eigenvalue weighted by molar-refractivity contribution is 5.91. The van der Waals surface area contributed by atoms with Gasteiger partial charge in [0.2, 0.25) is 5.91 Å². The van der Waals surface area contributed by atoms with E-state index in [-0.39, 0.29) is 18.3 Å². The number of furan rings is 1. The van der Waals surface area contributed by atoms with E-state index in [0.29, 0.717) is 18.8 Å². The average Bonchev–Trinajstić information content (AvgIpc) is 3.09. The molecule has 0 bridgehead atoms. The van der Waals surface area contributed by atoms with Gasteiger partial charge in [0, 0.05) is 25.7 Å². The number of carbonyl (C=O) groups is 2. The molecule has 1 aromatic heterocycles. The van der Waals surface area contributed by atoms with Crippen molar-refractivity contribution in [2.75, 3.05) is 39.8 Å². The minimum atomic E-state index is -0.319. The van der Waals surface area contributed by atoms with Crippen molar-refractivity contribution in [2.24, 2.45) is 0 Å². The molecule has 0 radical (unpaired) electrons. The average molecular weight is 322 g/mol. The standard InChI is InChI=1S/C17H26N2O4/c1-4-18(5-2)12-13-19(11-10-17(21)22-3)16(20)9-8-15-7-6-14-23-15/h6-9,14H,4-5,10-13H2,1-3H3/b9-8+. The first kappa shape index (κ1) is 19.0. The molecule has 128 valence electrons. The summed E-state index contributed by atoms with van der Waals surface area (Å²) in [5.41, 5.74) is 0. The summed E-state index contributed by atoms with van der Waals surface area (Å²) < 4.78 is 9.82. The first-order valence-electron chi connectivity index (χ1n) is 7.90. The Hall–Kier alpha value is -2.08. The van der Waals surface area contributed by atoms with Gasteiger partial charge in [0.05, 0.1) is 19.8 Å². The Morgan fingerprint density at radius 1 is 1.22 bits per heavy atom. The fraction of sp³-hybridized carbons (Fsp3) is 0.529. The summed E-state index contributed by atoms with van der Waals surface area (Å²) in [4.78, 5) is 27.6. The van der Waals surface area contributed by atoms with Gasteiger partial charge in [-0.3, -0.25) is 9.59 Å². The fourth-order valence-corrected chi connectivity index (χ4v) is 2.11. The lowest BCUT2D eigenvalue weighted by molar-refractivity contribution is -0.141. The van der Waals surface area contributed by atoms with Crippen LogP contribution in [-0.4, -0.2) is 61.5 Å². The van der Waals surface area contributed by atoms with Crippen molar-refractivity contribution in [3.8, 4) is 0 Å². The van der Waals surface area contributed by atoms with Crippen molar-refractivity contribution < 1.29 is 18.7 Å². The monoisotopic (exact) mass is 322 g/mol. The first-order valence-corrected chi connectivity index (χ1v) is 7.90. The molecular weight excluding hydrogens is 296 g/mol. The van der Waals surface area contributed by atoms with Crippen molar-refractivity contribution in [3.63, 3.8) is 0 Å². The molecule has 0 saturated carbocycles. The zero-order valence-corrected chi connectivity index (χ0v) is 14.2. The highest BCUT2D eigenvalue weighted by Gasteiger charge is 2.14. The molecule has 0 fully saturated rings. The molecule has 0 unspecified atom stereocenters. The lowest BCUT2D eigenvalue weighted by Crippen LogP contribution is -2.39. The second-order valence-electron chi connectivity index (χ2n) is 5.03. The number of likely N-dealkylation sites (N-methyl/N-ethyl adjacent to an activating group) is 1. The second kappa shape index (κ2) is 10.6. The highest BCUT2D eigenvalue weighted by Crippen LogP contribution is 2.04. The van der Waals surface area contributed by atoms with E-state index in [4.69, 9.17) is 4.42 Å². The molecule has 0 atom stereocenters. The van der Waals surface area contributed by atoms with Gasteiger partial charge in [-0.05, 0) is 31.3 Å². The van der Waals surface area contributed by atoms with Crippen LogP contribution in [0.3, 0.4) is 0 Å². The van der Waals surface area contributed by atoms with Gasteiger partial charge in [-0.2, -0.15) is 0 Å². The van der Waals surface area contributed by atoms with Gasteiger partial charge in [0.15, 0.2) is 0 Å². The smallest absolute Gasteiger partial charge is 0.307 e. The summed E-state index contributed by atoms with van der Waals surface area (Å²) >= 11 is 0. The molecule has 0 aromatic carbocycles. The lowest BCUT2D eigenvalue weighted by atomic mass is 10.3. The molecule has 0 saturated heterocycles. The maximum atomic E-state index is 12.4. The van der Waals surface area contributed by atoms with Crippen molar-refractivity contribution >= 4 is 18.0 Å². The predicted molar refractivity (Wildman–Crippen MR) is 88.7 cm³/mol. The molecule has 1 heterocycles. The van der Waals surface area contributed by atoms with E-state index in [1.807, 2.05) is 0 Å². The number of ether oxygens (including phenoxy) is 1. The molecule has 1 aromatic rings. The Balaban J connectivity index is 2.64. The molecule has 0 N–H and O–H groups in total. The van der Waals surface area contributed by atoms with Crippen LogP contribution in [0, 0.1) is 0 Å². The molecule has 0 spiro atoms. The molecule has 6 nitrogen and oxygen atoms in total. The molecular formula is C17H26N2O4. The van der Waals surface area contributed by atoms with Gasteiger partial charge >= 0.3 is 5.97 Å². The SMILES string of the molecule is CCN(CC)CCN(CCC(=O)OC)C(=O)/C=C/c1ccco1. The molecule has 23 heavy (non-hydrogen) atoms. The second-order valence-corrected chi connectivity index (χ2v) is 5.03. The van der Waals surface area contributed by atoms with Gasteiger partial charge in [0.25, 0.3) is 0 Å². The number of carbonyl (C=O) groups excluding carboxylic acids is 2. The number of amides is 1. The van der Waals surface area contributed by atoms with Crippen molar-refractivity contribution in [3.05, 3.63) is 30.2 Å². The summed E-state index contributed by atoms with van der Waals surface area (Å²) in [5.74, 6) is 0.160. The van der Waals surface area contributed by atoms with E-state index < -0.39 is 0 Å². The van der Waals surface area contributed by atoms with Crippen LogP contribution < -0.4 is 0 Å². The third-order valence-corrected chi connectivity index (χ3v) is 3.64. The van der Waals surface area contributed by atoms with Crippen LogP contribution in [0.5, 0.6) is 0 Å². The van der Waals surface area contributed by atoms with Crippen LogP contribution in [0.15, 0.2) is 28.9 Å². The van der Waals surface area contributed by atoms with Crippen LogP contribution >= 0.6 is 0 Å². The third kappa shape index (κ3) is 7.15. The predicted octanol–water partition coefficient (Wildman–Crippen LogP) is 2.03. The van der Waals surface area contributed by atoms with Gasteiger partial charge in [0.1, 0.15) is 5.76 Å². The zero-order chi connectivity index (χ0) is 17.1. The van der Waals surface area contributed by atoms with Crippen LogP contribution in [0.25, 0.3) is 6.08 Å². The van der Waals surface area contributed by atoms with Crippen LogP contribution in [0.1, 0.15) is 26.0 Å². The molecule has 0 aliphatic carbocycles. The Kier molecular flexibility index (Phi) is 8.75. The van der Waals surface area contributed by atoms with Gasteiger partial charge in [-0.1, -0.05) is 13.8 Å². The topological polar surface area (TPSA) is 63.0 Å². The number of hydrogen-bond donors (Lipinski definition) is 0. The number of rotatable bonds is 10. The van der Waals surface area contributed by atoms with Gasteiger partial charge < -0.3 is 19.0 Å². The minimum absolute atomic E-state index is 0.141. The number of hydrogen-bond acceptors (Lipinski definition) is 5. The number of esters is 1. The Morgan fingerprint density at radius 3 is 2.52 bits per heavy atom. The molecule has 0 aliphatic heterocycles. The van der Waals surface area contributed by atoms with Gasteiger partial charge in [-0.25, -0.2) is 0 Å². The quantitative estimate of drug-likeness (QED) is 0.487. The van der Waals surface area contributed by atoms with Crippen LogP contribution in [0.2, 0.25) is 0 Å². The zero-order valence-electron chi connectivity index (χ0n) is 14.2. The minimum Gasteiger partial charge on any atom is -0.469 e. The maximum Gasteiger partial charge on any atom is 0.307 e. The summed E-state index contributed by atoms with van der Waals surface area (Å²) in [6, 6.07) is 3.54. The third-order valence-electron chi connectivity index (χ3n) is 3.64. The summed E-state index contributed by atoms with van der Waals surface area (Å²) in [7, 11) is 1.35.